The molecule has 6 nitrogen and oxygen atoms in total. The molecule has 1 amide bonds. The van der Waals surface area contributed by atoms with Gasteiger partial charge < -0.3 is 20.5 Å². The molecule has 4 rings (SSSR count). The van der Waals surface area contributed by atoms with Crippen molar-refractivity contribution < 1.29 is 14.3 Å². The molecule has 0 atom stereocenters. The number of hydrogen-bond donors (Lipinski definition) is 2. The van der Waals surface area contributed by atoms with E-state index in [1.807, 2.05) is 13.8 Å². The topological polar surface area (TPSA) is 86.5 Å². The molecule has 29 heavy (non-hydrogen) atoms. The Labute approximate surface area is 177 Å². The van der Waals surface area contributed by atoms with Crippen molar-refractivity contribution in [3.8, 4) is 22.6 Å². The molecule has 1 aromatic heterocycles. The van der Waals surface area contributed by atoms with Crippen molar-refractivity contribution in [3.05, 3.63) is 64.1 Å². The fourth-order valence-electron chi connectivity index (χ4n) is 3.05. The van der Waals surface area contributed by atoms with Crippen LogP contribution < -0.4 is 20.5 Å². The van der Waals surface area contributed by atoms with Crippen molar-refractivity contribution in [3.63, 3.8) is 0 Å². The Morgan fingerprint density at radius 3 is 2.38 bits per heavy atom. The van der Waals surface area contributed by atoms with Crippen LogP contribution in [0.15, 0.2) is 48.5 Å². The zero-order chi connectivity index (χ0) is 20.8. The lowest BCUT2D eigenvalue weighted by Crippen LogP contribution is -2.29. The van der Waals surface area contributed by atoms with Gasteiger partial charge in [-0.05, 0) is 30.3 Å². The van der Waals surface area contributed by atoms with E-state index in [1.54, 1.807) is 48.5 Å². The van der Waals surface area contributed by atoms with Crippen LogP contribution in [-0.2, 0) is 0 Å². The average molecular weight is 430 g/mol. The van der Waals surface area contributed by atoms with Crippen molar-refractivity contribution in [2.24, 2.45) is 0 Å². The van der Waals surface area contributed by atoms with Gasteiger partial charge in [0.25, 0.3) is 5.91 Å². The molecule has 148 valence electrons. The number of ether oxygens (including phenoxy) is 2. The molecule has 0 saturated heterocycles. The third-order valence-electron chi connectivity index (χ3n) is 4.32. The standard InChI is InChI=1S/C21H17Cl2N3O3/c1-21(2)28-16-9-13(15(23)10-17(16)29-21)11-7-8-18(25-19(11)24)26-20(27)12-5-3-4-6-14(12)22/h3-10H,1-2H3,(H3,24,25,26,27). The Morgan fingerprint density at radius 1 is 1.00 bits per heavy atom. The molecule has 0 radical (unpaired) electrons. The highest BCUT2D eigenvalue weighted by molar-refractivity contribution is 6.34. The first-order valence-corrected chi connectivity index (χ1v) is 9.53. The maximum atomic E-state index is 12.4. The molecule has 0 fully saturated rings. The van der Waals surface area contributed by atoms with E-state index in [-0.39, 0.29) is 11.7 Å². The Morgan fingerprint density at radius 2 is 1.69 bits per heavy atom. The van der Waals surface area contributed by atoms with Crippen LogP contribution in [-0.4, -0.2) is 16.7 Å². The second-order valence-electron chi connectivity index (χ2n) is 6.95. The largest absolute Gasteiger partial charge is 0.449 e. The molecular weight excluding hydrogens is 413 g/mol. The second kappa shape index (κ2) is 7.13. The van der Waals surface area contributed by atoms with Gasteiger partial charge in [0.2, 0.25) is 5.79 Å². The number of aromatic nitrogens is 1. The van der Waals surface area contributed by atoms with E-state index in [9.17, 15) is 4.79 Å². The molecule has 2 heterocycles. The van der Waals surface area contributed by atoms with E-state index < -0.39 is 5.79 Å². The maximum Gasteiger partial charge on any atom is 0.258 e. The summed E-state index contributed by atoms with van der Waals surface area (Å²) in [5.41, 5.74) is 7.76. The summed E-state index contributed by atoms with van der Waals surface area (Å²) in [5, 5.41) is 3.50. The fraction of sp³-hybridized carbons (Fsp3) is 0.143. The summed E-state index contributed by atoms with van der Waals surface area (Å²) in [6, 6.07) is 13.6. The highest BCUT2D eigenvalue weighted by Gasteiger charge is 2.32. The van der Waals surface area contributed by atoms with Crippen LogP contribution in [0.5, 0.6) is 11.5 Å². The fourth-order valence-corrected chi connectivity index (χ4v) is 3.53. The zero-order valence-corrected chi connectivity index (χ0v) is 17.1. The van der Waals surface area contributed by atoms with Gasteiger partial charge in [0.05, 0.1) is 15.6 Å². The number of nitrogens with zero attached hydrogens (tertiary/aromatic N) is 1. The van der Waals surface area contributed by atoms with Gasteiger partial charge >= 0.3 is 0 Å². The van der Waals surface area contributed by atoms with Gasteiger partial charge in [0.1, 0.15) is 11.6 Å². The van der Waals surface area contributed by atoms with Crippen molar-refractivity contribution in [2.75, 3.05) is 11.1 Å². The summed E-state index contributed by atoms with van der Waals surface area (Å²) in [5.74, 6) is 0.513. The molecule has 3 N–H and O–H groups in total. The number of nitrogen functional groups attached to an aromatic ring is 1. The first-order chi connectivity index (χ1) is 13.7. The number of fused-ring (bicyclic) bond motifs is 1. The lowest BCUT2D eigenvalue weighted by Gasteiger charge is -2.16. The highest BCUT2D eigenvalue weighted by atomic mass is 35.5. The molecule has 0 saturated carbocycles. The number of rotatable bonds is 3. The first kappa shape index (κ1) is 19.4. The molecule has 0 aliphatic carbocycles. The molecular formula is C21H17Cl2N3O3. The van der Waals surface area contributed by atoms with Crippen molar-refractivity contribution in [1.29, 1.82) is 0 Å². The Kier molecular flexibility index (Phi) is 4.76. The summed E-state index contributed by atoms with van der Waals surface area (Å²) in [4.78, 5) is 16.7. The number of hydrogen-bond acceptors (Lipinski definition) is 5. The predicted molar refractivity (Wildman–Crippen MR) is 114 cm³/mol. The van der Waals surface area contributed by atoms with Gasteiger partial charge in [0, 0.05) is 31.0 Å². The molecule has 8 heteroatoms. The number of nitrogens with one attached hydrogen (secondary N) is 1. The maximum absolute atomic E-state index is 12.4. The molecule has 2 aromatic carbocycles. The second-order valence-corrected chi connectivity index (χ2v) is 7.76. The van der Waals surface area contributed by atoms with E-state index in [4.69, 9.17) is 38.4 Å². The predicted octanol–water partition coefficient (Wildman–Crippen LogP) is 5.40. The third-order valence-corrected chi connectivity index (χ3v) is 4.96. The van der Waals surface area contributed by atoms with E-state index >= 15 is 0 Å². The molecule has 0 bridgehead atoms. The van der Waals surface area contributed by atoms with Crippen LogP contribution >= 0.6 is 23.2 Å². The minimum Gasteiger partial charge on any atom is -0.449 e. The van der Waals surface area contributed by atoms with Gasteiger partial charge in [-0.25, -0.2) is 4.98 Å². The quantitative estimate of drug-likeness (QED) is 0.581. The summed E-state index contributed by atoms with van der Waals surface area (Å²) in [6.45, 7) is 3.62. The summed E-state index contributed by atoms with van der Waals surface area (Å²) in [6.07, 6.45) is 0. The minimum atomic E-state index is -0.763. The van der Waals surface area contributed by atoms with Crippen LogP contribution in [0, 0.1) is 0 Å². The SMILES string of the molecule is CC1(C)Oc2cc(Cl)c(-c3ccc(NC(=O)c4ccccc4Cl)nc3N)cc2O1. The Balaban J connectivity index is 1.62. The molecule has 0 spiro atoms. The van der Waals surface area contributed by atoms with Crippen LogP contribution in [0.1, 0.15) is 24.2 Å². The van der Waals surface area contributed by atoms with Gasteiger partial charge in [-0.1, -0.05) is 35.3 Å². The summed E-state index contributed by atoms with van der Waals surface area (Å²) in [7, 11) is 0. The Hall–Kier alpha value is -2.96. The first-order valence-electron chi connectivity index (χ1n) is 8.78. The van der Waals surface area contributed by atoms with Crippen LogP contribution in [0.25, 0.3) is 11.1 Å². The van der Waals surface area contributed by atoms with Crippen LogP contribution in [0.4, 0.5) is 11.6 Å². The highest BCUT2D eigenvalue weighted by Crippen LogP contribution is 2.45. The normalized spacial score (nSPS) is 13.9. The van der Waals surface area contributed by atoms with Crippen molar-refractivity contribution >= 4 is 40.7 Å². The molecule has 0 unspecified atom stereocenters. The summed E-state index contributed by atoms with van der Waals surface area (Å²) < 4.78 is 11.5. The smallest absolute Gasteiger partial charge is 0.258 e. The monoisotopic (exact) mass is 429 g/mol. The minimum absolute atomic E-state index is 0.210. The Bertz CT molecular complexity index is 1130. The van der Waals surface area contributed by atoms with Gasteiger partial charge in [0.15, 0.2) is 11.5 Å². The lowest BCUT2D eigenvalue weighted by molar-refractivity contribution is -0.0431. The van der Waals surface area contributed by atoms with E-state index in [0.29, 0.717) is 44.1 Å². The van der Waals surface area contributed by atoms with Gasteiger partial charge in [-0.15, -0.1) is 0 Å². The van der Waals surface area contributed by atoms with Crippen molar-refractivity contribution in [1.82, 2.24) is 4.98 Å². The van der Waals surface area contributed by atoms with Gasteiger partial charge in [-0.3, -0.25) is 4.79 Å². The zero-order valence-electron chi connectivity index (χ0n) is 15.6. The number of carbonyl (C=O) groups excluding carboxylic acids is 1. The van der Waals surface area contributed by atoms with Gasteiger partial charge in [-0.2, -0.15) is 0 Å². The van der Waals surface area contributed by atoms with Crippen LogP contribution in [0.3, 0.4) is 0 Å². The number of pyridine rings is 1. The molecule has 3 aromatic rings. The molecule has 1 aliphatic rings. The number of halogens is 2. The lowest BCUT2D eigenvalue weighted by atomic mass is 10.1. The van der Waals surface area contributed by atoms with E-state index in [2.05, 4.69) is 10.3 Å². The third kappa shape index (κ3) is 3.81. The number of anilines is 2. The van der Waals surface area contributed by atoms with Crippen molar-refractivity contribution in [2.45, 2.75) is 19.6 Å². The number of amides is 1. The number of nitrogens with two attached hydrogens (primary N) is 1. The van der Waals surface area contributed by atoms with Crippen LogP contribution in [0.2, 0.25) is 10.0 Å². The molecule has 1 aliphatic heterocycles. The van der Waals surface area contributed by atoms with E-state index in [1.165, 1.54) is 0 Å². The number of carbonyl (C=O) groups is 1. The summed E-state index contributed by atoms with van der Waals surface area (Å²) >= 11 is 12.5. The van der Waals surface area contributed by atoms with E-state index in [0.717, 1.165) is 0 Å². The number of benzene rings is 2. The average Bonchev–Trinajstić information content (AvgIpc) is 2.94.